The molecule has 1 aliphatic heterocycles. The van der Waals surface area contributed by atoms with Gasteiger partial charge >= 0.3 is 5.97 Å². The van der Waals surface area contributed by atoms with E-state index in [4.69, 9.17) is 4.74 Å². The van der Waals surface area contributed by atoms with Crippen molar-refractivity contribution in [3.8, 4) is 11.4 Å². The van der Waals surface area contributed by atoms with Gasteiger partial charge in [-0.3, -0.25) is 9.59 Å². The summed E-state index contributed by atoms with van der Waals surface area (Å²) in [6, 6.07) is 9.42. The number of para-hydroxylation sites is 1. The molecular weight excluding hydrogens is 310 g/mol. The van der Waals surface area contributed by atoms with Gasteiger partial charge in [0.2, 0.25) is 0 Å². The van der Waals surface area contributed by atoms with Crippen molar-refractivity contribution in [1.29, 1.82) is 0 Å². The summed E-state index contributed by atoms with van der Waals surface area (Å²) in [5.41, 5.74) is 1.02. The molecule has 1 N–H and O–H groups in total. The zero-order valence-corrected chi connectivity index (χ0v) is 13.4. The lowest BCUT2D eigenvalue weighted by atomic mass is 9.98. The molecule has 7 nitrogen and oxygen atoms in total. The molecule has 7 heteroatoms. The van der Waals surface area contributed by atoms with E-state index in [1.807, 2.05) is 30.3 Å². The molecule has 1 aromatic heterocycles. The second-order valence-electron chi connectivity index (χ2n) is 5.75. The number of nitrogens with zero attached hydrogens (tertiary/aromatic N) is 3. The molecule has 0 bridgehead atoms. The molecule has 0 saturated carbocycles. The van der Waals surface area contributed by atoms with E-state index in [1.54, 1.807) is 15.8 Å². The monoisotopic (exact) mass is 329 g/mol. The van der Waals surface area contributed by atoms with Gasteiger partial charge in [0, 0.05) is 13.1 Å². The molecule has 126 valence electrons. The minimum absolute atomic E-state index is 0.201. The number of carbonyl (C=O) groups excluding carboxylic acids is 1. The maximum absolute atomic E-state index is 12.8. The maximum atomic E-state index is 12.8. The summed E-state index contributed by atoms with van der Waals surface area (Å²) in [6.45, 7) is 0.736. The minimum Gasteiger partial charge on any atom is -0.493 e. The van der Waals surface area contributed by atoms with E-state index in [9.17, 15) is 14.7 Å². The van der Waals surface area contributed by atoms with E-state index in [2.05, 4.69) is 5.10 Å². The third kappa shape index (κ3) is 3.10. The Labute approximate surface area is 139 Å². The van der Waals surface area contributed by atoms with Gasteiger partial charge in [0.15, 0.2) is 11.4 Å². The molecule has 1 aromatic carbocycles. The Morgan fingerprint density at radius 3 is 2.71 bits per heavy atom. The molecule has 0 unspecified atom stereocenters. The number of methoxy groups -OCH3 is 1. The number of hydrogen-bond donors (Lipinski definition) is 1. The summed E-state index contributed by atoms with van der Waals surface area (Å²) in [4.78, 5) is 25.5. The van der Waals surface area contributed by atoms with E-state index < -0.39 is 11.9 Å². The number of carbonyl (C=O) groups is 2. The first-order valence-electron chi connectivity index (χ1n) is 7.81. The van der Waals surface area contributed by atoms with Crippen LogP contribution < -0.4 is 4.74 Å². The van der Waals surface area contributed by atoms with Gasteiger partial charge in [0.05, 0.1) is 24.9 Å². The molecule has 0 aliphatic carbocycles. The Kier molecular flexibility index (Phi) is 4.50. The fourth-order valence-corrected chi connectivity index (χ4v) is 2.88. The highest BCUT2D eigenvalue weighted by Gasteiger charge is 2.31. The first-order valence-corrected chi connectivity index (χ1v) is 7.81. The van der Waals surface area contributed by atoms with Crippen LogP contribution in [0, 0.1) is 5.92 Å². The van der Waals surface area contributed by atoms with Gasteiger partial charge in [-0.25, -0.2) is 4.68 Å². The predicted octanol–water partition coefficient (Wildman–Crippen LogP) is 1.82. The first kappa shape index (κ1) is 16.0. The second kappa shape index (κ2) is 6.74. The highest BCUT2D eigenvalue weighted by atomic mass is 16.5. The molecule has 2 aromatic rings. The van der Waals surface area contributed by atoms with Crippen molar-refractivity contribution in [3.63, 3.8) is 0 Å². The number of carboxylic acid groups (broad SMARTS) is 1. The van der Waals surface area contributed by atoms with Crippen molar-refractivity contribution in [2.75, 3.05) is 20.2 Å². The van der Waals surface area contributed by atoms with Crippen LogP contribution in [-0.4, -0.2) is 51.9 Å². The van der Waals surface area contributed by atoms with E-state index in [1.165, 1.54) is 7.11 Å². The topological polar surface area (TPSA) is 84.7 Å². The number of carboxylic acids is 1. The van der Waals surface area contributed by atoms with Crippen LogP contribution in [0.25, 0.3) is 5.69 Å². The number of piperidine rings is 1. The minimum atomic E-state index is -0.866. The summed E-state index contributed by atoms with van der Waals surface area (Å²) in [7, 11) is 1.49. The Morgan fingerprint density at radius 2 is 2.04 bits per heavy atom. The van der Waals surface area contributed by atoms with Crippen molar-refractivity contribution in [1.82, 2.24) is 14.7 Å². The summed E-state index contributed by atoms with van der Waals surface area (Å²) < 4.78 is 6.87. The number of likely N-dealkylation sites (tertiary alicyclic amines) is 1. The van der Waals surface area contributed by atoms with Crippen LogP contribution in [0.4, 0.5) is 0 Å². The van der Waals surface area contributed by atoms with Gasteiger partial charge in [-0.2, -0.15) is 5.10 Å². The van der Waals surface area contributed by atoms with Crippen LogP contribution in [0.15, 0.2) is 36.5 Å². The molecule has 1 fully saturated rings. The van der Waals surface area contributed by atoms with Gasteiger partial charge in [-0.05, 0) is 25.0 Å². The van der Waals surface area contributed by atoms with Crippen molar-refractivity contribution in [3.05, 3.63) is 42.2 Å². The lowest BCUT2D eigenvalue weighted by molar-refractivity contribution is -0.143. The van der Waals surface area contributed by atoms with Crippen LogP contribution in [0.5, 0.6) is 5.75 Å². The van der Waals surface area contributed by atoms with Gasteiger partial charge in [0.25, 0.3) is 5.91 Å². The predicted molar refractivity (Wildman–Crippen MR) is 86.4 cm³/mol. The third-order valence-corrected chi connectivity index (χ3v) is 4.18. The highest BCUT2D eigenvalue weighted by Crippen LogP contribution is 2.24. The molecule has 1 atom stereocenters. The van der Waals surface area contributed by atoms with E-state index in [-0.39, 0.29) is 18.1 Å². The largest absolute Gasteiger partial charge is 0.493 e. The Hall–Kier alpha value is -2.83. The summed E-state index contributed by atoms with van der Waals surface area (Å²) in [5.74, 6) is -1.31. The quantitative estimate of drug-likeness (QED) is 0.925. The van der Waals surface area contributed by atoms with E-state index in [0.29, 0.717) is 25.1 Å². The Balaban J connectivity index is 1.87. The molecule has 1 amide bonds. The number of aromatic nitrogens is 2. The van der Waals surface area contributed by atoms with Crippen molar-refractivity contribution in [2.24, 2.45) is 5.92 Å². The van der Waals surface area contributed by atoms with Gasteiger partial charge in [0.1, 0.15) is 0 Å². The Bertz CT molecular complexity index is 742. The number of rotatable bonds is 4. The van der Waals surface area contributed by atoms with Crippen molar-refractivity contribution < 1.29 is 19.4 Å². The maximum Gasteiger partial charge on any atom is 0.308 e. The SMILES string of the molecule is COc1cn(-c2ccccc2)nc1C(=O)N1CCC[C@H](C(=O)O)C1. The molecular formula is C17H19N3O4. The van der Waals surface area contributed by atoms with Crippen LogP contribution in [0.3, 0.4) is 0 Å². The lowest BCUT2D eigenvalue weighted by Crippen LogP contribution is -2.42. The van der Waals surface area contributed by atoms with Gasteiger partial charge < -0.3 is 14.7 Å². The zero-order chi connectivity index (χ0) is 17.1. The lowest BCUT2D eigenvalue weighted by Gasteiger charge is -2.30. The molecule has 3 rings (SSSR count). The second-order valence-corrected chi connectivity index (χ2v) is 5.75. The van der Waals surface area contributed by atoms with Gasteiger partial charge in [-0.15, -0.1) is 0 Å². The number of ether oxygens (including phenoxy) is 1. The third-order valence-electron chi connectivity index (χ3n) is 4.18. The molecule has 0 radical (unpaired) electrons. The summed E-state index contributed by atoms with van der Waals surface area (Å²) in [5, 5.41) is 13.5. The molecule has 2 heterocycles. The fraction of sp³-hybridized carbons (Fsp3) is 0.353. The summed E-state index contributed by atoms with van der Waals surface area (Å²) in [6.07, 6.45) is 2.92. The van der Waals surface area contributed by atoms with Crippen LogP contribution in [0.1, 0.15) is 23.3 Å². The molecule has 1 aliphatic rings. The fourth-order valence-electron chi connectivity index (χ4n) is 2.88. The van der Waals surface area contributed by atoms with Crippen molar-refractivity contribution >= 4 is 11.9 Å². The number of hydrogen-bond acceptors (Lipinski definition) is 4. The molecule has 1 saturated heterocycles. The van der Waals surface area contributed by atoms with Crippen molar-refractivity contribution in [2.45, 2.75) is 12.8 Å². The normalized spacial score (nSPS) is 17.5. The van der Waals surface area contributed by atoms with E-state index >= 15 is 0 Å². The average molecular weight is 329 g/mol. The standard InChI is InChI=1S/C17H19N3O4/c1-24-14-11-20(13-7-3-2-4-8-13)18-15(14)16(21)19-9-5-6-12(10-19)17(22)23/h2-4,7-8,11-12H,5-6,9-10H2,1H3,(H,22,23)/t12-/m0/s1. The van der Waals surface area contributed by atoms with Crippen LogP contribution in [-0.2, 0) is 4.79 Å². The average Bonchev–Trinajstić information content (AvgIpc) is 3.06. The van der Waals surface area contributed by atoms with E-state index in [0.717, 1.165) is 5.69 Å². The number of aliphatic carboxylic acids is 1. The number of amides is 1. The van der Waals surface area contributed by atoms with Crippen LogP contribution >= 0.6 is 0 Å². The highest BCUT2D eigenvalue weighted by molar-refractivity contribution is 5.95. The van der Waals surface area contributed by atoms with Gasteiger partial charge in [-0.1, -0.05) is 18.2 Å². The zero-order valence-electron chi connectivity index (χ0n) is 13.4. The number of benzene rings is 1. The smallest absolute Gasteiger partial charge is 0.308 e. The van der Waals surface area contributed by atoms with Crippen LogP contribution in [0.2, 0.25) is 0 Å². The Morgan fingerprint density at radius 1 is 1.29 bits per heavy atom. The molecule has 24 heavy (non-hydrogen) atoms. The first-order chi connectivity index (χ1) is 11.6. The molecule has 0 spiro atoms. The summed E-state index contributed by atoms with van der Waals surface area (Å²) >= 11 is 0.